The Morgan fingerprint density at radius 3 is 2.64 bits per heavy atom. The number of nitrogens with zero attached hydrogens (tertiary/aromatic N) is 2. The summed E-state index contributed by atoms with van der Waals surface area (Å²) in [5.41, 5.74) is 1.77. The lowest BCUT2D eigenvalue weighted by atomic mass is 9.95. The van der Waals surface area contributed by atoms with Crippen LogP contribution in [-0.4, -0.2) is 24.0 Å². The third kappa shape index (κ3) is 3.92. The van der Waals surface area contributed by atoms with Gasteiger partial charge in [0.25, 0.3) is 0 Å². The Morgan fingerprint density at radius 2 is 2.00 bits per heavy atom. The number of carbonyl (C=O) groups excluding carboxylic acids is 1. The van der Waals surface area contributed by atoms with Gasteiger partial charge in [0, 0.05) is 31.9 Å². The number of aromatic nitrogens is 1. The number of fused-ring (bicyclic) bond motifs is 1. The number of pyridine rings is 1. The molecule has 0 unspecified atom stereocenters. The number of benzene rings is 1. The molecule has 1 aliphatic rings. The Hall–Kier alpha value is -2.57. The maximum Gasteiger partial charge on any atom is 0.416 e. The molecule has 4 nitrogen and oxygen atoms in total. The Balaban J connectivity index is 1.89. The van der Waals surface area contributed by atoms with Crippen LogP contribution in [0.15, 0.2) is 42.6 Å². The fourth-order valence-corrected chi connectivity index (χ4v) is 3.03. The molecular weight excluding hydrogens is 331 g/mol. The van der Waals surface area contributed by atoms with Gasteiger partial charge in [-0.05, 0) is 48.7 Å². The molecule has 3 rings (SSSR count). The highest BCUT2D eigenvalue weighted by Gasteiger charge is 2.31. The summed E-state index contributed by atoms with van der Waals surface area (Å²) in [4.78, 5) is 17.5. The molecule has 7 heteroatoms. The molecule has 1 N–H and O–H groups in total. The van der Waals surface area contributed by atoms with E-state index in [1.54, 1.807) is 6.20 Å². The average molecular weight is 349 g/mol. The highest BCUT2D eigenvalue weighted by molar-refractivity contribution is 5.73. The van der Waals surface area contributed by atoms with Crippen LogP contribution in [0, 0.1) is 5.92 Å². The molecule has 1 aromatic carbocycles. The van der Waals surface area contributed by atoms with Gasteiger partial charge in [0.1, 0.15) is 0 Å². The van der Waals surface area contributed by atoms with Crippen molar-refractivity contribution >= 4 is 17.3 Å². The van der Waals surface area contributed by atoms with Gasteiger partial charge in [-0.25, -0.2) is 0 Å². The number of hydrogen-bond acceptors (Lipinski definition) is 3. The molecule has 0 saturated heterocycles. The number of alkyl halides is 3. The lowest BCUT2D eigenvalue weighted by Crippen LogP contribution is -2.39. The zero-order valence-electron chi connectivity index (χ0n) is 13.7. The van der Waals surface area contributed by atoms with E-state index >= 15 is 0 Å². The molecular formula is C18H18F3N3O. The van der Waals surface area contributed by atoms with Crippen molar-refractivity contribution in [1.29, 1.82) is 0 Å². The van der Waals surface area contributed by atoms with Crippen molar-refractivity contribution in [3.63, 3.8) is 0 Å². The number of nitrogens with one attached hydrogen (secondary N) is 1. The first-order valence-corrected chi connectivity index (χ1v) is 7.97. The number of anilines is 2. The van der Waals surface area contributed by atoms with Crippen molar-refractivity contribution < 1.29 is 18.0 Å². The molecule has 1 amide bonds. The third-order valence-corrected chi connectivity index (χ3v) is 4.23. The average Bonchev–Trinajstić information content (AvgIpc) is 2.58. The number of carbonyl (C=O) groups is 1. The van der Waals surface area contributed by atoms with E-state index in [9.17, 15) is 18.0 Å². The Bertz CT molecular complexity index is 759. The topological polar surface area (TPSA) is 45.2 Å². The minimum atomic E-state index is -4.35. The first-order chi connectivity index (χ1) is 11.8. The SMILES string of the molecule is CC(=O)NC[C@@H]1Cc2ncccc2N(c2ccc(C(F)(F)F)cc2)C1. The van der Waals surface area contributed by atoms with Gasteiger partial charge in [-0.2, -0.15) is 13.2 Å². The van der Waals surface area contributed by atoms with Gasteiger partial charge in [0.15, 0.2) is 0 Å². The summed E-state index contributed by atoms with van der Waals surface area (Å²) in [6.07, 6.45) is -1.94. The van der Waals surface area contributed by atoms with E-state index in [1.807, 2.05) is 17.0 Å². The molecule has 1 aromatic heterocycles. The van der Waals surface area contributed by atoms with E-state index in [0.29, 0.717) is 25.2 Å². The summed E-state index contributed by atoms with van der Waals surface area (Å²) in [6.45, 7) is 2.56. The molecule has 1 atom stereocenters. The van der Waals surface area contributed by atoms with Crippen LogP contribution in [0.5, 0.6) is 0 Å². The lowest BCUT2D eigenvalue weighted by Gasteiger charge is -2.35. The Labute approximate surface area is 143 Å². The largest absolute Gasteiger partial charge is 0.416 e. The number of halogens is 3. The van der Waals surface area contributed by atoms with Crippen LogP contribution in [0.1, 0.15) is 18.2 Å². The zero-order valence-corrected chi connectivity index (χ0v) is 13.7. The zero-order chi connectivity index (χ0) is 18.0. The van der Waals surface area contributed by atoms with Crippen LogP contribution >= 0.6 is 0 Å². The predicted octanol–water partition coefficient (Wildman–Crippen LogP) is 3.55. The van der Waals surface area contributed by atoms with Crippen LogP contribution in [0.2, 0.25) is 0 Å². The molecule has 0 aliphatic carbocycles. The van der Waals surface area contributed by atoms with Crippen molar-refractivity contribution in [3.8, 4) is 0 Å². The van der Waals surface area contributed by atoms with E-state index in [4.69, 9.17) is 0 Å². The molecule has 0 saturated carbocycles. The molecule has 0 bridgehead atoms. The van der Waals surface area contributed by atoms with E-state index in [0.717, 1.165) is 23.5 Å². The highest BCUT2D eigenvalue weighted by Crippen LogP contribution is 2.36. The van der Waals surface area contributed by atoms with Crippen molar-refractivity contribution in [2.24, 2.45) is 5.92 Å². The summed E-state index contributed by atoms with van der Waals surface area (Å²) in [5, 5.41) is 2.80. The molecule has 0 spiro atoms. The minimum Gasteiger partial charge on any atom is -0.356 e. The third-order valence-electron chi connectivity index (χ3n) is 4.23. The van der Waals surface area contributed by atoms with Crippen molar-refractivity contribution in [2.45, 2.75) is 19.5 Å². The summed E-state index contributed by atoms with van der Waals surface area (Å²) < 4.78 is 38.3. The van der Waals surface area contributed by atoms with Crippen LogP contribution in [0.25, 0.3) is 0 Å². The summed E-state index contributed by atoms with van der Waals surface area (Å²) >= 11 is 0. The quantitative estimate of drug-likeness (QED) is 0.922. The predicted molar refractivity (Wildman–Crippen MR) is 88.6 cm³/mol. The fourth-order valence-electron chi connectivity index (χ4n) is 3.03. The molecule has 2 aromatic rings. The van der Waals surface area contributed by atoms with Gasteiger partial charge in [-0.3, -0.25) is 9.78 Å². The van der Waals surface area contributed by atoms with E-state index in [-0.39, 0.29) is 11.8 Å². The smallest absolute Gasteiger partial charge is 0.356 e. The van der Waals surface area contributed by atoms with Gasteiger partial charge in [0.05, 0.1) is 16.9 Å². The monoisotopic (exact) mass is 349 g/mol. The van der Waals surface area contributed by atoms with Gasteiger partial charge < -0.3 is 10.2 Å². The summed E-state index contributed by atoms with van der Waals surface area (Å²) in [5.74, 6) is 0.0292. The first kappa shape index (κ1) is 17.3. The Morgan fingerprint density at radius 1 is 1.28 bits per heavy atom. The van der Waals surface area contributed by atoms with Gasteiger partial charge in [-0.1, -0.05) is 0 Å². The van der Waals surface area contributed by atoms with Crippen molar-refractivity contribution in [3.05, 3.63) is 53.9 Å². The number of amides is 1. The minimum absolute atomic E-state index is 0.104. The summed E-state index contributed by atoms with van der Waals surface area (Å²) in [7, 11) is 0. The van der Waals surface area contributed by atoms with Crippen molar-refractivity contribution in [2.75, 3.05) is 18.0 Å². The van der Waals surface area contributed by atoms with Gasteiger partial charge >= 0.3 is 6.18 Å². The maximum atomic E-state index is 12.8. The van der Waals surface area contributed by atoms with E-state index in [2.05, 4.69) is 10.3 Å². The molecule has 1 aliphatic heterocycles. The summed E-state index contributed by atoms with van der Waals surface area (Å²) in [6, 6.07) is 8.84. The van der Waals surface area contributed by atoms with E-state index in [1.165, 1.54) is 19.1 Å². The first-order valence-electron chi connectivity index (χ1n) is 7.97. The second kappa shape index (κ2) is 6.74. The van der Waals surface area contributed by atoms with E-state index < -0.39 is 11.7 Å². The molecule has 25 heavy (non-hydrogen) atoms. The molecule has 0 fully saturated rings. The Kier molecular flexibility index (Phi) is 4.65. The second-order valence-electron chi connectivity index (χ2n) is 6.13. The fraction of sp³-hybridized carbons (Fsp3) is 0.333. The number of rotatable bonds is 3. The molecule has 132 valence electrons. The van der Waals surface area contributed by atoms with Crippen LogP contribution in [0.4, 0.5) is 24.5 Å². The van der Waals surface area contributed by atoms with Crippen LogP contribution < -0.4 is 10.2 Å². The van der Waals surface area contributed by atoms with Gasteiger partial charge in [-0.15, -0.1) is 0 Å². The highest BCUT2D eigenvalue weighted by atomic mass is 19.4. The molecule has 0 radical (unpaired) electrons. The van der Waals surface area contributed by atoms with Crippen LogP contribution in [0.3, 0.4) is 0 Å². The van der Waals surface area contributed by atoms with Crippen molar-refractivity contribution in [1.82, 2.24) is 10.3 Å². The second-order valence-corrected chi connectivity index (χ2v) is 6.13. The lowest BCUT2D eigenvalue weighted by molar-refractivity contribution is -0.137. The molecule has 2 heterocycles. The van der Waals surface area contributed by atoms with Gasteiger partial charge in [0.2, 0.25) is 5.91 Å². The van der Waals surface area contributed by atoms with Crippen LogP contribution in [-0.2, 0) is 17.4 Å². The standard InChI is InChI=1S/C18H18F3N3O/c1-12(25)23-10-13-9-16-17(3-2-8-22-16)24(11-13)15-6-4-14(5-7-15)18(19,20)21/h2-8,13H,9-11H2,1H3,(H,23,25)/t13-/m0/s1. The number of hydrogen-bond donors (Lipinski definition) is 1. The maximum absolute atomic E-state index is 12.8. The normalized spacial score (nSPS) is 17.1.